The summed E-state index contributed by atoms with van der Waals surface area (Å²) in [6.07, 6.45) is 3.08. The summed E-state index contributed by atoms with van der Waals surface area (Å²) in [5.74, 6) is -0.374. The quantitative estimate of drug-likeness (QED) is 0.867. The number of hydrogen-bond donors (Lipinski definition) is 0. The number of carbonyl (C=O) groups excluding carboxylic acids is 2. The van der Waals surface area contributed by atoms with E-state index in [-0.39, 0.29) is 30.6 Å². The Morgan fingerprint density at radius 3 is 2.65 bits per heavy atom. The smallest absolute Gasteiger partial charge is 0.331 e. The van der Waals surface area contributed by atoms with E-state index < -0.39 is 11.8 Å². The average molecular weight is 316 g/mol. The van der Waals surface area contributed by atoms with E-state index in [4.69, 9.17) is 4.74 Å². The molecule has 0 radical (unpaired) electrons. The van der Waals surface area contributed by atoms with Crippen LogP contribution in [-0.2, 0) is 4.79 Å². The summed E-state index contributed by atoms with van der Waals surface area (Å²) in [6.45, 7) is 0.273. The number of aromatic nitrogens is 2. The number of rotatable bonds is 3. The minimum atomic E-state index is -0.427. The first kappa shape index (κ1) is 14.9. The zero-order valence-electron chi connectivity index (χ0n) is 12.3. The molecule has 3 amide bonds. The van der Waals surface area contributed by atoms with Gasteiger partial charge in [-0.1, -0.05) is 6.07 Å². The van der Waals surface area contributed by atoms with Gasteiger partial charge in [-0.05, 0) is 12.1 Å². The second kappa shape index (κ2) is 5.99. The summed E-state index contributed by atoms with van der Waals surface area (Å²) in [4.78, 5) is 34.0. The van der Waals surface area contributed by atoms with Crippen molar-refractivity contribution >= 4 is 17.6 Å². The van der Waals surface area contributed by atoms with Gasteiger partial charge >= 0.3 is 12.0 Å². The van der Waals surface area contributed by atoms with Crippen molar-refractivity contribution in [3.05, 3.63) is 42.5 Å². The van der Waals surface area contributed by atoms with E-state index in [1.807, 2.05) is 0 Å². The molecule has 1 fully saturated rings. The van der Waals surface area contributed by atoms with E-state index >= 15 is 0 Å². The molecule has 0 N–H and O–H groups in total. The summed E-state index contributed by atoms with van der Waals surface area (Å²) in [5, 5.41) is 0. The van der Waals surface area contributed by atoms with Crippen molar-refractivity contribution < 1.29 is 18.7 Å². The number of halogens is 1. The number of benzene rings is 1. The molecule has 0 atom stereocenters. The van der Waals surface area contributed by atoms with Crippen LogP contribution in [0.5, 0.6) is 11.8 Å². The zero-order chi connectivity index (χ0) is 16.4. The lowest BCUT2D eigenvalue weighted by atomic mass is 10.2. The molecule has 1 saturated heterocycles. The first-order valence-electron chi connectivity index (χ1n) is 6.88. The molecule has 1 aromatic heterocycles. The number of carbonyl (C=O) groups is 2. The number of nitrogens with zero attached hydrogens (tertiary/aromatic N) is 4. The van der Waals surface area contributed by atoms with Gasteiger partial charge < -0.3 is 4.74 Å². The molecule has 23 heavy (non-hydrogen) atoms. The fourth-order valence-corrected chi connectivity index (χ4v) is 2.14. The van der Waals surface area contributed by atoms with Crippen molar-refractivity contribution in [2.75, 3.05) is 18.5 Å². The molecule has 0 unspecified atom stereocenters. The maximum atomic E-state index is 13.1. The van der Waals surface area contributed by atoms with Crippen molar-refractivity contribution in [2.24, 2.45) is 0 Å². The third kappa shape index (κ3) is 3.10. The summed E-state index contributed by atoms with van der Waals surface area (Å²) in [5.41, 5.74) is 0.459. The molecule has 3 rings (SSSR count). The highest BCUT2D eigenvalue weighted by molar-refractivity contribution is 6.05. The first-order chi connectivity index (χ1) is 11.0. The lowest BCUT2D eigenvalue weighted by molar-refractivity contribution is -0.127. The maximum Gasteiger partial charge on any atom is 0.331 e. The van der Waals surface area contributed by atoms with Crippen molar-refractivity contribution in [3.63, 3.8) is 0 Å². The van der Waals surface area contributed by atoms with Gasteiger partial charge in [0.1, 0.15) is 11.6 Å². The molecule has 1 aliphatic heterocycles. The first-order valence-corrected chi connectivity index (χ1v) is 6.88. The Hall–Kier alpha value is -3.03. The van der Waals surface area contributed by atoms with Gasteiger partial charge in [0, 0.05) is 26.1 Å². The van der Waals surface area contributed by atoms with Gasteiger partial charge in [-0.15, -0.1) is 0 Å². The zero-order valence-corrected chi connectivity index (χ0v) is 12.3. The van der Waals surface area contributed by atoms with Crippen LogP contribution >= 0.6 is 0 Å². The molecule has 0 bridgehead atoms. The molecule has 8 heteroatoms. The lowest BCUT2D eigenvalue weighted by Crippen LogP contribution is -2.50. The summed E-state index contributed by atoms with van der Waals surface area (Å²) in [7, 11) is 1.43. The summed E-state index contributed by atoms with van der Waals surface area (Å²) >= 11 is 0. The molecule has 118 valence electrons. The molecule has 2 heterocycles. The van der Waals surface area contributed by atoms with E-state index in [0.29, 0.717) is 5.69 Å². The normalized spacial score (nSPS) is 15.0. The van der Waals surface area contributed by atoms with Gasteiger partial charge in [-0.25, -0.2) is 19.2 Å². The van der Waals surface area contributed by atoms with E-state index in [9.17, 15) is 14.0 Å². The van der Waals surface area contributed by atoms with Crippen molar-refractivity contribution in [2.45, 2.75) is 6.42 Å². The highest BCUT2D eigenvalue weighted by Crippen LogP contribution is 2.22. The summed E-state index contributed by atoms with van der Waals surface area (Å²) in [6, 6.07) is 5.22. The molecule has 7 nitrogen and oxygen atoms in total. The van der Waals surface area contributed by atoms with E-state index in [1.165, 1.54) is 42.5 Å². The van der Waals surface area contributed by atoms with Crippen LogP contribution in [0.4, 0.5) is 14.9 Å². The Kier molecular flexibility index (Phi) is 3.88. The molecule has 0 aliphatic carbocycles. The molecule has 2 aromatic rings. The van der Waals surface area contributed by atoms with Crippen molar-refractivity contribution in [1.82, 2.24) is 14.9 Å². The second-order valence-electron chi connectivity index (χ2n) is 4.92. The topological polar surface area (TPSA) is 75.6 Å². The van der Waals surface area contributed by atoms with Crippen LogP contribution in [-0.4, -0.2) is 40.4 Å². The Bertz CT molecular complexity index is 751. The van der Waals surface area contributed by atoms with Crippen molar-refractivity contribution in [1.29, 1.82) is 0 Å². The van der Waals surface area contributed by atoms with Crippen molar-refractivity contribution in [3.8, 4) is 11.8 Å². The highest BCUT2D eigenvalue weighted by Gasteiger charge is 2.30. The predicted molar refractivity (Wildman–Crippen MR) is 78.6 cm³/mol. The van der Waals surface area contributed by atoms with Gasteiger partial charge in [0.15, 0.2) is 0 Å². The Morgan fingerprint density at radius 2 is 1.96 bits per heavy atom. The third-order valence-electron chi connectivity index (χ3n) is 3.37. The monoisotopic (exact) mass is 316 g/mol. The van der Waals surface area contributed by atoms with Crippen LogP contribution in [0.25, 0.3) is 0 Å². The van der Waals surface area contributed by atoms with Gasteiger partial charge in [-0.2, -0.15) is 0 Å². The largest absolute Gasteiger partial charge is 0.424 e. The molecular formula is C15H13FN4O3. The SMILES string of the molecule is CN1C(=O)CCN(c2cnc(Oc3cccc(F)c3)nc2)C1=O. The highest BCUT2D eigenvalue weighted by atomic mass is 19.1. The van der Waals surface area contributed by atoms with Crippen LogP contribution < -0.4 is 9.64 Å². The fraction of sp³-hybridized carbons (Fsp3) is 0.200. The number of amides is 3. The molecule has 1 aromatic carbocycles. The minimum absolute atomic E-state index is 0.0354. The van der Waals surface area contributed by atoms with E-state index in [0.717, 1.165) is 4.90 Å². The Labute approximate surface area is 131 Å². The third-order valence-corrected chi connectivity index (χ3v) is 3.37. The van der Waals surface area contributed by atoms with Gasteiger partial charge in [0.05, 0.1) is 18.1 Å². The van der Waals surface area contributed by atoms with Gasteiger partial charge in [0.2, 0.25) is 5.91 Å². The molecule has 0 spiro atoms. The average Bonchev–Trinajstić information content (AvgIpc) is 2.54. The number of ether oxygens (including phenoxy) is 1. The number of hydrogen-bond acceptors (Lipinski definition) is 5. The number of anilines is 1. The molecule has 0 saturated carbocycles. The number of imide groups is 1. The minimum Gasteiger partial charge on any atom is -0.424 e. The second-order valence-corrected chi connectivity index (χ2v) is 4.92. The van der Waals surface area contributed by atoms with Gasteiger partial charge in [-0.3, -0.25) is 14.6 Å². The summed E-state index contributed by atoms with van der Waals surface area (Å²) < 4.78 is 18.4. The van der Waals surface area contributed by atoms with Crippen LogP contribution in [0.2, 0.25) is 0 Å². The Morgan fingerprint density at radius 1 is 1.22 bits per heavy atom. The van der Waals surface area contributed by atoms with Crippen LogP contribution in [0.1, 0.15) is 6.42 Å². The lowest BCUT2D eigenvalue weighted by Gasteiger charge is -2.31. The molecular weight excluding hydrogens is 303 g/mol. The van der Waals surface area contributed by atoms with E-state index in [2.05, 4.69) is 9.97 Å². The standard InChI is InChI=1S/C15H13FN4O3/c1-19-13(21)5-6-20(15(19)22)11-8-17-14(18-9-11)23-12-4-2-3-10(16)7-12/h2-4,7-9H,5-6H2,1H3. The fourth-order valence-electron chi connectivity index (χ4n) is 2.14. The van der Waals surface area contributed by atoms with E-state index in [1.54, 1.807) is 6.07 Å². The Balaban J connectivity index is 1.74. The predicted octanol–water partition coefficient (Wildman–Crippen LogP) is 2.20. The van der Waals surface area contributed by atoms with Gasteiger partial charge in [0.25, 0.3) is 0 Å². The van der Waals surface area contributed by atoms with Crippen LogP contribution in [0.15, 0.2) is 36.7 Å². The van der Waals surface area contributed by atoms with Crippen LogP contribution in [0, 0.1) is 5.82 Å². The van der Waals surface area contributed by atoms with Crippen LogP contribution in [0.3, 0.4) is 0 Å². The maximum absolute atomic E-state index is 13.1. The number of urea groups is 1. The molecule has 1 aliphatic rings.